The van der Waals surface area contributed by atoms with Crippen LogP contribution in [-0.4, -0.2) is 57.3 Å². The Kier molecular flexibility index (Phi) is 8.21. The highest BCUT2D eigenvalue weighted by molar-refractivity contribution is 6.03. The van der Waals surface area contributed by atoms with Crippen molar-refractivity contribution < 1.29 is 19.5 Å². The number of aryl methyl sites for hydroxylation is 1. The van der Waals surface area contributed by atoms with Crippen LogP contribution in [0.2, 0.25) is 0 Å². The Morgan fingerprint density at radius 3 is 2.15 bits per heavy atom. The van der Waals surface area contributed by atoms with Gasteiger partial charge in [-0.2, -0.15) is 0 Å². The molecule has 0 atom stereocenters. The number of aromatic hydroxyl groups is 2. The van der Waals surface area contributed by atoms with Crippen LogP contribution in [0.25, 0.3) is 33.6 Å². The molecule has 0 aliphatic carbocycles. The van der Waals surface area contributed by atoms with Crippen molar-refractivity contribution >= 4 is 5.91 Å². The highest BCUT2D eigenvalue weighted by atomic mass is 16.5. The molecule has 0 bridgehead atoms. The maximum atomic E-state index is 13.5. The molecule has 3 aromatic carbocycles. The fourth-order valence-electron chi connectivity index (χ4n) is 5.42. The third kappa shape index (κ3) is 5.61. The van der Waals surface area contributed by atoms with Crippen LogP contribution >= 0.6 is 0 Å². The van der Waals surface area contributed by atoms with E-state index in [-0.39, 0.29) is 28.9 Å². The van der Waals surface area contributed by atoms with E-state index in [1.807, 2.05) is 57.2 Å². The second-order valence-electron chi connectivity index (χ2n) is 10.5. The number of aromatic nitrogens is 1. The molecule has 1 fully saturated rings. The Balaban J connectivity index is 1.60. The summed E-state index contributed by atoms with van der Waals surface area (Å²) in [6.07, 6.45) is 3.77. The minimum atomic E-state index is -0.232. The largest absolute Gasteiger partial charge is 0.507 e. The summed E-state index contributed by atoms with van der Waals surface area (Å²) >= 11 is 0. The lowest BCUT2D eigenvalue weighted by Gasteiger charge is -2.26. The van der Waals surface area contributed by atoms with E-state index in [2.05, 4.69) is 22.2 Å². The van der Waals surface area contributed by atoms with Gasteiger partial charge in [0.25, 0.3) is 5.91 Å². The van der Waals surface area contributed by atoms with Crippen molar-refractivity contribution in [2.24, 2.45) is 0 Å². The summed E-state index contributed by atoms with van der Waals surface area (Å²) < 4.78 is 5.83. The number of phenols is 2. The number of piperidine rings is 1. The predicted octanol–water partition coefficient (Wildman–Crippen LogP) is 6.86. The standard InChI is InChI=1S/C33H37N3O4/c1-4-36(5-2)33(39)31-30(25-15-11-23(12-16-25)21-35-17-7-6-8-18-35)32(40-34-31)27-19-26(28(37)20-29(27)38)24-13-9-22(3)10-14-24/h9-16,19-20,37-38H,4-8,17-18,21H2,1-3H3. The zero-order valence-electron chi connectivity index (χ0n) is 23.5. The second kappa shape index (κ2) is 12.0. The molecule has 0 saturated carbocycles. The van der Waals surface area contributed by atoms with Crippen LogP contribution in [0.1, 0.15) is 54.7 Å². The average Bonchev–Trinajstić information content (AvgIpc) is 3.40. The number of carbonyl (C=O) groups is 1. The molecular formula is C33H37N3O4. The lowest BCUT2D eigenvalue weighted by molar-refractivity contribution is 0.0763. The molecule has 2 heterocycles. The van der Waals surface area contributed by atoms with Crippen molar-refractivity contribution in [2.75, 3.05) is 26.2 Å². The number of phenolic OH excluding ortho intramolecular Hbond substituents is 2. The van der Waals surface area contributed by atoms with Crippen molar-refractivity contribution in [2.45, 2.75) is 46.6 Å². The Labute approximate surface area is 235 Å². The number of likely N-dealkylation sites (tertiary alicyclic amines) is 1. The van der Waals surface area contributed by atoms with Crippen LogP contribution < -0.4 is 0 Å². The predicted molar refractivity (Wildman–Crippen MR) is 157 cm³/mol. The molecule has 4 aromatic rings. The molecule has 5 rings (SSSR count). The quantitative estimate of drug-likeness (QED) is 0.254. The number of rotatable bonds is 8. The maximum Gasteiger partial charge on any atom is 0.276 e. The third-order valence-electron chi connectivity index (χ3n) is 7.76. The minimum Gasteiger partial charge on any atom is -0.507 e. The molecule has 1 aliphatic rings. The van der Waals surface area contributed by atoms with Crippen molar-refractivity contribution in [3.63, 3.8) is 0 Å². The smallest absolute Gasteiger partial charge is 0.276 e. The van der Waals surface area contributed by atoms with E-state index in [1.54, 1.807) is 11.0 Å². The highest BCUT2D eigenvalue weighted by Gasteiger charge is 2.29. The monoisotopic (exact) mass is 539 g/mol. The van der Waals surface area contributed by atoms with Crippen molar-refractivity contribution in [3.8, 4) is 45.1 Å². The molecule has 0 unspecified atom stereocenters. The first-order chi connectivity index (χ1) is 19.4. The summed E-state index contributed by atoms with van der Waals surface area (Å²) in [5, 5.41) is 25.9. The molecule has 40 heavy (non-hydrogen) atoms. The number of carbonyl (C=O) groups excluding carboxylic acids is 1. The summed E-state index contributed by atoms with van der Waals surface area (Å²) in [4.78, 5) is 17.7. The van der Waals surface area contributed by atoms with Gasteiger partial charge in [-0.3, -0.25) is 9.69 Å². The zero-order valence-corrected chi connectivity index (χ0v) is 23.5. The maximum absolute atomic E-state index is 13.5. The zero-order chi connectivity index (χ0) is 28.2. The van der Waals surface area contributed by atoms with E-state index in [4.69, 9.17) is 4.52 Å². The molecule has 0 radical (unpaired) electrons. The van der Waals surface area contributed by atoms with Crippen LogP contribution in [0, 0.1) is 6.92 Å². The van der Waals surface area contributed by atoms with E-state index in [0.717, 1.165) is 36.3 Å². The van der Waals surface area contributed by atoms with Crippen LogP contribution in [0.3, 0.4) is 0 Å². The van der Waals surface area contributed by atoms with Gasteiger partial charge < -0.3 is 19.6 Å². The van der Waals surface area contributed by atoms with Gasteiger partial charge in [0.2, 0.25) is 0 Å². The van der Waals surface area contributed by atoms with Crippen LogP contribution in [0.4, 0.5) is 0 Å². The number of amides is 1. The van der Waals surface area contributed by atoms with E-state index in [0.29, 0.717) is 29.8 Å². The molecule has 7 heteroatoms. The van der Waals surface area contributed by atoms with Gasteiger partial charge in [0.1, 0.15) is 11.5 Å². The van der Waals surface area contributed by atoms with Crippen molar-refractivity contribution in [1.29, 1.82) is 0 Å². The molecule has 208 valence electrons. The number of hydrogen-bond acceptors (Lipinski definition) is 6. The topological polar surface area (TPSA) is 90.0 Å². The third-order valence-corrected chi connectivity index (χ3v) is 7.76. The lowest BCUT2D eigenvalue weighted by atomic mass is 9.94. The lowest BCUT2D eigenvalue weighted by Crippen LogP contribution is -2.31. The first-order valence-corrected chi connectivity index (χ1v) is 14.1. The number of nitrogens with zero attached hydrogens (tertiary/aromatic N) is 3. The summed E-state index contributed by atoms with van der Waals surface area (Å²) in [5.41, 5.74) is 5.50. The van der Waals surface area contributed by atoms with Crippen molar-refractivity contribution in [1.82, 2.24) is 15.0 Å². The molecule has 1 saturated heterocycles. The summed E-state index contributed by atoms with van der Waals surface area (Å²) in [6, 6.07) is 18.9. The molecule has 7 nitrogen and oxygen atoms in total. The van der Waals surface area contributed by atoms with Crippen LogP contribution in [0.15, 0.2) is 65.2 Å². The highest BCUT2D eigenvalue weighted by Crippen LogP contribution is 2.44. The van der Waals surface area contributed by atoms with Crippen LogP contribution in [-0.2, 0) is 6.54 Å². The summed E-state index contributed by atoms with van der Waals surface area (Å²) in [5.74, 6) is -0.156. The Morgan fingerprint density at radius 1 is 0.875 bits per heavy atom. The SMILES string of the molecule is CCN(CC)C(=O)c1noc(-c2cc(-c3ccc(C)cc3)c(O)cc2O)c1-c1ccc(CN2CCCCC2)cc1. The molecule has 1 amide bonds. The van der Waals surface area contributed by atoms with Gasteiger partial charge in [-0.1, -0.05) is 65.7 Å². The summed E-state index contributed by atoms with van der Waals surface area (Å²) in [7, 11) is 0. The van der Waals surface area contributed by atoms with E-state index in [1.165, 1.54) is 30.9 Å². The normalized spacial score (nSPS) is 13.9. The first-order valence-electron chi connectivity index (χ1n) is 14.1. The number of benzene rings is 3. The van der Waals surface area contributed by atoms with Gasteiger partial charge in [-0.25, -0.2) is 0 Å². The first kappa shape index (κ1) is 27.5. The van der Waals surface area contributed by atoms with Crippen molar-refractivity contribution in [3.05, 3.63) is 77.5 Å². The van der Waals surface area contributed by atoms with Gasteiger partial charge in [-0.05, 0) is 69.5 Å². The second-order valence-corrected chi connectivity index (χ2v) is 10.5. The molecular weight excluding hydrogens is 502 g/mol. The number of hydrogen-bond donors (Lipinski definition) is 2. The van der Waals surface area contributed by atoms with Gasteiger partial charge in [0.05, 0.1) is 11.1 Å². The van der Waals surface area contributed by atoms with Crippen LogP contribution in [0.5, 0.6) is 11.5 Å². The van der Waals surface area contributed by atoms with E-state index in [9.17, 15) is 15.0 Å². The van der Waals surface area contributed by atoms with Gasteiger partial charge in [0, 0.05) is 31.3 Å². The fraction of sp³-hybridized carbons (Fsp3) is 0.333. The van der Waals surface area contributed by atoms with Gasteiger partial charge >= 0.3 is 0 Å². The Morgan fingerprint density at radius 2 is 1.50 bits per heavy atom. The molecule has 0 spiro atoms. The fourth-order valence-corrected chi connectivity index (χ4v) is 5.42. The Bertz CT molecular complexity index is 1470. The molecule has 2 N–H and O–H groups in total. The van der Waals surface area contributed by atoms with E-state index >= 15 is 0 Å². The Hall–Kier alpha value is -4.10. The average molecular weight is 540 g/mol. The van der Waals surface area contributed by atoms with Gasteiger partial charge in [0.15, 0.2) is 11.5 Å². The van der Waals surface area contributed by atoms with E-state index < -0.39 is 0 Å². The molecule has 1 aliphatic heterocycles. The summed E-state index contributed by atoms with van der Waals surface area (Å²) in [6.45, 7) is 10.0. The molecule has 1 aromatic heterocycles. The van der Waals surface area contributed by atoms with Gasteiger partial charge in [-0.15, -0.1) is 0 Å². The minimum absolute atomic E-state index is 0.0484.